The van der Waals surface area contributed by atoms with Crippen LogP contribution in [0.2, 0.25) is 0 Å². The van der Waals surface area contributed by atoms with E-state index in [4.69, 9.17) is 0 Å². The van der Waals surface area contributed by atoms with Crippen LogP contribution < -0.4 is 5.32 Å². The standard InChI is InChI=1S/C14H19N3O3S.ClH/c18-14(11-7-13(17(19)20)21-9-11)16-5-3-12(4-6-16)15-8-10-1-2-10;/h7,9-10,12,15H,1-6,8H2;1H. The number of hydrogen-bond donors (Lipinski definition) is 1. The van der Waals surface area contributed by atoms with E-state index in [0.717, 1.165) is 49.7 Å². The fourth-order valence-corrected chi connectivity index (χ4v) is 3.36. The lowest BCUT2D eigenvalue weighted by molar-refractivity contribution is -0.380. The average Bonchev–Trinajstić information content (AvgIpc) is 3.18. The van der Waals surface area contributed by atoms with Gasteiger partial charge in [-0.25, -0.2) is 0 Å². The van der Waals surface area contributed by atoms with Gasteiger partial charge in [0.05, 0.1) is 10.5 Å². The predicted octanol–water partition coefficient (Wildman–Crippen LogP) is 2.68. The summed E-state index contributed by atoms with van der Waals surface area (Å²) >= 11 is 1.01. The first-order chi connectivity index (χ1) is 10.1. The summed E-state index contributed by atoms with van der Waals surface area (Å²) in [6.45, 7) is 2.56. The predicted molar refractivity (Wildman–Crippen MR) is 87.9 cm³/mol. The van der Waals surface area contributed by atoms with Crippen molar-refractivity contribution in [2.24, 2.45) is 5.92 Å². The highest BCUT2D eigenvalue weighted by Gasteiger charge is 2.27. The molecule has 1 aromatic heterocycles. The van der Waals surface area contributed by atoms with Crippen LogP contribution in [0.15, 0.2) is 11.4 Å². The van der Waals surface area contributed by atoms with Gasteiger partial charge in [0.25, 0.3) is 5.91 Å². The minimum absolute atomic E-state index is 0. The highest BCUT2D eigenvalue weighted by Crippen LogP contribution is 2.28. The summed E-state index contributed by atoms with van der Waals surface area (Å²) in [4.78, 5) is 24.3. The van der Waals surface area contributed by atoms with E-state index in [1.165, 1.54) is 18.9 Å². The monoisotopic (exact) mass is 345 g/mol. The Balaban J connectivity index is 0.00000176. The zero-order valence-corrected chi connectivity index (χ0v) is 13.8. The molecule has 1 saturated heterocycles. The van der Waals surface area contributed by atoms with E-state index in [1.54, 1.807) is 10.3 Å². The number of carbonyl (C=O) groups excluding carboxylic acids is 1. The summed E-state index contributed by atoms with van der Waals surface area (Å²) in [5.41, 5.74) is 0.441. The molecule has 1 aliphatic carbocycles. The number of amides is 1. The third-order valence-electron chi connectivity index (χ3n) is 4.19. The van der Waals surface area contributed by atoms with Gasteiger partial charge in [-0.05, 0) is 38.1 Å². The number of nitrogens with zero attached hydrogens (tertiary/aromatic N) is 2. The molecule has 1 aromatic rings. The van der Waals surface area contributed by atoms with Gasteiger partial charge < -0.3 is 10.2 Å². The van der Waals surface area contributed by atoms with Crippen LogP contribution in [0.4, 0.5) is 5.00 Å². The largest absolute Gasteiger partial charge is 0.339 e. The van der Waals surface area contributed by atoms with Gasteiger partial charge in [-0.2, -0.15) is 0 Å². The summed E-state index contributed by atoms with van der Waals surface area (Å²) in [6, 6.07) is 1.89. The maximum Gasteiger partial charge on any atom is 0.324 e. The van der Waals surface area contributed by atoms with Crippen LogP contribution >= 0.6 is 23.7 Å². The summed E-state index contributed by atoms with van der Waals surface area (Å²) in [7, 11) is 0. The van der Waals surface area contributed by atoms with Gasteiger partial charge >= 0.3 is 5.00 Å². The second kappa shape index (κ2) is 7.39. The lowest BCUT2D eigenvalue weighted by atomic mass is 10.0. The van der Waals surface area contributed by atoms with Crippen molar-refractivity contribution < 1.29 is 9.72 Å². The zero-order chi connectivity index (χ0) is 14.8. The molecule has 2 fully saturated rings. The van der Waals surface area contributed by atoms with Crippen molar-refractivity contribution in [3.63, 3.8) is 0 Å². The summed E-state index contributed by atoms with van der Waals surface area (Å²) in [5.74, 6) is 0.788. The van der Waals surface area contributed by atoms with Gasteiger partial charge in [-0.1, -0.05) is 11.3 Å². The number of likely N-dealkylation sites (tertiary alicyclic amines) is 1. The Labute approximate surface area is 139 Å². The van der Waals surface area contributed by atoms with Crippen molar-refractivity contribution in [1.29, 1.82) is 0 Å². The second-order valence-electron chi connectivity index (χ2n) is 5.85. The lowest BCUT2D eigenvalue weighted by Crippen LogP contribution is -2.45. The smallest absolute Gasteiger partial charge is 0.324 e. The molecule has 2 heterocycles. The van der Waals surface area contributed by atoms with Crippen LogP contribution in [0, 0.1) is 16.0 Å². The van der Waals surface area contributed by atoms with Crippen molar-refractivity contribution in [2.75, 3.05) is 19.6 Å². The minimum Gasteiger partial charge on any atom is -0.339 e. The Morgan fingerprint density at radius 1 is 1.36 bits per heavy atom. The number of nitro groups is 1. The average molecular weight is 346 g/mol. The van der Waals surface area contributed by atoms with Crippen LogP contribution in [0.5, 0.6) is 0 Å². The van der Waals surface area contributed by atoms with E-state index in [9.17, 15) is 14.9 Å². The number of piperidine rings is 1. The molecule has 22 heavy (non-hydrogen) atoms. The number of hydrogen-bond acceptors (Lipinski definition) is 5. The maximum absolute atomic E-state index is 12.3. The third-order valence-corrected chi connectivity index (χ3v) is 5.07. The molecule has 3 rings (SSSR count). The van der Waals surface area contributed by atoms with E-state index in [1.807, 2.05) is 0 Å². The molecule has 0 unspecified atom stereocenters. The van der Waals surface area contributed by atoms with E-state index < -0.39 is 4.92 Å². The van der Waals surface area contributed by atoms with E-state index in [0.29, 0.717) is 11.6 Å². The molecule has 0 aromatic carbocycles. The van der Waals surface area contributed by atoms with Crippen molar-refractivity contribution in [3.8, 4) is 0 Å². The number of rotatable bonds is 5. The number of nitrogens with one attached hydrogen (secondary N) is 1. The van der Waals surface area contributed by atoms with Crippen molar-refractivity contribution >= 4 is 34.7 Å². The van der Waals surface area contributed by atoms with E-state index in [-0.39, 0.29) is 23.3 Å². The first-order valence-corrected chi connectivity index (χ1v) is 8.27. The molecular weight excluding hydrogens is 326 g/mol. The summed E-state index contributed by atoms with van der Waals surface area (Å²) in [5, 5.41) is 15.9. The highest BCUT2D eigenvalue weighted by molar-refractivity contribution is 7.13. The third kappa shape index (κ3) is 4.18. The van der Waals surface area contributed by atoms with Crippen molar-refractivity contribution in [2.45, 2.75) is 31.7 Å². The van der Waals surface area contributed by atoms with Crippen LogP contribution in [0.3, 0.4) is 0 Å². The van der Waals surface area contributed by atoms with E-state index >= 15 is 0 Å². The molecule has 6 nitrogen and oxygen atoms in total. The fraction of sp³-hybridized carbons (Fsp3) is 0.643. The van der Waals surface area contributed by atoms with Gasteiger partial charge in [0.2, 0.25) is 0 Å². The van der Waals surface area contributed by atoms with E-state index in [2.05, 4.69) is 5.32 Å². The quantitative estimate of drug-likeness (QED) is 0.657. The first-order valence-electron chi connectivity index (χ1n) is 7.39. The minimum atomic E-state index is -0.449. The molecule has 2 aliphatic rings. The number of thiophene rings is 1. The van der Waals surface area contributed by atoms with Crippen LogP contribution in [-0.4, -0.2) is 41.4 Å². The molecule has 1 N–H and O–H groups in total. The molecule has 8 heteroatoms. The van der Waals surface area contributed by atoms with Gasteiger partial charge in [0.15, 0.2) is 0 Å². The highest BCUT2D eigenvalue weighted by atomic mass is 35.5. The van der Waals surface area contributed by atoms with Gasteiger partial charge in [0, 0.05) is 30.6 Å². The molecule has 1 aliphatic heterocycles. The normalized spacial score (nSPS) is 18.8. The topological polar surface area (TPSA) is 75.5 Å². The van der Waals surface area contributed by atoms with Crippen molar-refractivity contribution in [1.82, 2.24) is 10.2 Å². The van der Waals surface area contributed by atoms with Gasteiger partial charge in [-0.3, -0.25) is 14.9 Å². The Kier molecular flexibility index (Phi) is 5.77. The van der Waals surface area contributed by atoms with Crippen LogP contribution in [0.25, 0.3) is 0 Å². The summed E-state index contributed by atoms with van der Waals surface area (Å²) < 4.78 is 0. The molecular formula is C14H20ClN3O3S. The lowest BCUT2D eigenvalue weighted by Gasteiger charge is -2.32. The Hall–Kier alpha value is -1.18. The van der Waals surface area contributed by atoms with Crippen LogP contribution in [-0.2, 0) is 0 Å². The molecule has 0 atom stereocenters. The molecule has 122 valence electrons. The van der Waals surface area contributed by atoms with Gasteiger partial charge in [-0.15, -0.1) is 12.4 Å². The maximum atomic E-state index is 12.3. The zero-order valence-electron chi connectivity index (χ0n) is 12.2. The molecule has 0 spiro atoms. The Morgan fingerprint density at radius 3 is 2.59 bits per heavy atom. The number of halogens is 1. The molecule has 0 radical (unpaired) electrons. The number of carbonyl (C=O) groups is 1. The summed E-state index contributed by atoms with van der Waals surface area (Å²) in [6.07, 6.45) is 4.62. The molecule has 0 bridgehead atoms. The molecule has 1 saturated carbocycles. The molecule has 1 amide bonds. The SMILES string of the molecule is Cl.O=C(c1csc([N+](=O)[O-])c1)N1CCC(NCC2CC2)CC1. The Bertz CT molecular complexity index is 539. The van der Waals surface area contributed by atoms with Crippen LogP contribution in [0.1, 0.15) is 36.0 Å². The fourth-order valence-electron chi connectivity index (χ4n) is 2.66. The Morgan fingerprint density at radius 2 is 2.05 bits per heavy atom. The first kappa shape index (κ1) is 17.2. The van der Waals surface area contributed by atoms with Crippen molar-refractivity contribution in [3.05, 3.63) is 27.1 Å². The second-order valence-corrected chi connectivity index (χ2v) is 6.74. The van der Waals surface area contributed by atoms with Gasteiger partial charge in [0.1, 0.15) is 0 Å².